The molecular formula is C18H12ClN3OS. The Bertz CT molecular complexity index is 1000. The van der Waals surface area contributed by atoms with Crippen molar-refractivity contribution >= 4 is 33.8 Å². The van der Waals surface area contributed by atoms with Crippen molar-refractivity contribution in [3.8, 4) is 11.3 Å². The second-order valence-electron chi connectivity index (χ2n) is 5.18. The van der Waals surface area contributed by atoms with E-state index in [0.29, 0.717) is 20.6 Å². The molecule has 118 valence electrons. The second-order valence-corrected chi connectivity index (χ2v) is 6.98. The molecule has 0 bridgehead atoms. The van der Waals surface area contributed by atoms with Crippen molar-refractivity contribution in [2.75, 3.05) is 0 Å². The van der Waals surface area contributed by atoms with Crippen LogP contribution in [0.25, 0.3) is 22.3 Å². The lowest BCUT2D eigenvalue weighted by Gasteiger charge is -2.10. The van der Waals surface area contributed by atoms with Crippen molar-refractivity contribution in [3.63, 3.8) is 0 Å². The van der Waals surface area contributed by atoms with Gasteiger partial charge in [0.05, 0.1) is 33.5 Å². The molecular weight excluding hydrogens is 342 g/mol. The van der Waals surface area contributed by atoms with Crippen molar-refractivity contribution in [1.82, 2.24) is 15.0 Å². The highest BCUT2D eigenvalue weighted by Gasteiger charge is 2.24. The SMILES string of the molecule is [O-][S+](c1nc2cc(Cl)ccc2[nH]1)c1ccccc1-c1ccccn1. The van der Waals surface area contributed by atoms with Gasteiger partial charge in [-0.2, -0.15) is 4.98 Å². The molecule has 0 amide bonds. The van der Waals surface area contributed by atoms with Crippen LogP contribution >= 0.6 is 11.6 Å². The maximum atomic E-state index is 13.1. The van der Waals surface area contributed by atoms with Crippen molar-refractivity contribution < 1.29 is 4.55 Å². The van der Waals surface area contributed by atoms with E-state index in [1.54, 1.807) is 18.3 Å². The first-order valence-electron chi connectivity index (χ1n) is 7.30. The Balaban J connectivity index is 1.80. The average Bonchev–Trinajstić information content (AvgIpc) is 3.05. The van der Waals surface area contributed by atoms with Crippen LogP contribution < -0.4 is 0 Å². The Labute approximate surface area is 146 Å². The van der Waals surface area contributed by atoms with E-state index in [1.807, 2.05) is 48.5 Å². The van der Waals surface area contributed by atoms with Crippen LogP contribution in [-0.2, 0) is 11.2 Å². The van der Waals surface area contributed by atoms with Crippen LogP contribution in [0.1, 0.15) is 0 Å². The number of pyridine rings is 1. The molecule has 4 rings (SSSR count). The zero-order valence-electron chi connectivity index (χ0n) is 12.4. The van der Waals surface area contributed by atoms with Gasteiger partial charge in [-0.15, -0.1) is 0 Å². The highest BCUT2D eigenvalue weighted by atomic mass is 35.5. The number of nitrogens with zero attached hydrogens (tertiary/aromatic N) is 2. The third-order valence-electron chi connectivity index (χ3n) is 3.63. The van der Waals surface area contributed by atoms with Gasteiger partial charge in [-0.3, -0.25) is 9.97 Å². The Kier molecular flexibility index (Phi) is 3.98. The number of aromatic nitrogens is 3. The van der Waals surface area contributed by atoms with Gasteiger partial charge in [0.1, 0.15) is 0 Å². The van der Waals surface area contributed by atoms with Crippen LogP contribution in [0.3, 0.4) is 0 Å². The van der Waals surface area contributed by atoms with Crippen LogP contribution in [-0.4, -0.2) is 19.5 Å². The predicted molar refractivity (Wildman–Crippen MR) is 95.5 cm³/mol. The van der Waals surface area contributed by atoms with Crippen LogP contribution in [0.4, 0.5) is 0 Å². The summed E-state index contributed by atoms with van der Waals surface area (Å²) in [4.78, 5) is 12.6. The minimum absolute atomic E-state index is 0.399. The Morgan fingerprint density at radius 1 is 1.00 bits per heavy atom. The number of hydrogen-bond acceptors (Lipinski definition) is 3. The van der Waals surface area contributed by atoms with E-state index in [4.69, 9.17) is 11.6 Å². The Morgan fingerprint density at radius 2 is 1.83 bits per heavy atom. The van der Waals surface area contributed by atoms with Gasteiger partial charge in [-0.1, -0.05) is 29.8 Å². The minimum atomic E-state index is -1.45. The molecule has 0 radical (unpaired) electrons. The van der Waals surface area contributed by atoms with Gasteiger partial charge in [0, 0.05) is 11.2 Å². The molecule has 1 N–H and O–H groups in total. The summed E-state index contributed by atoms with van der Waals surface area (Å²) in [5.74, 6) is 0. The molecule has 2 aromatic heterocycles. The van der Waals surface area contributed by atoms with Crippen molar-refractivity contribution in [2.45, 2.75) is 10.1 Å². The normalized spacial score (nSPS) is 12.4. The lowest BCUT2D eigenvalue weighted by molar-refractivity contribution is 0.588. The number of rotatable bonds is 3. The minimum Gasteiger partial charge on any atom is -0.604 e. The third-order valence-corrected chi connectivity index (χ3v) is 5.16. The van der Waals surface area contributed by atoms with Crippen LogP contribution in [0, 0.1) is 0 Å². The number of benzene rings is 2. The van der Waals surface area contributed by atoms with Gasteiger partial charge in [0.25, 0.3) is 0 Å². The zero-order valence-corrected chi connectivity index (χ0v) is 14.0. The average molecular weight is 354 g/mol. The van der Waals surface area contributed by atoms with E-state index in [2.05, 4.69) is 15.0 Å². The lowest BCUT2D eigenvalue weighted by atomic mass is 10.1. The number of H-pyrrole nitrogens is 1. The summed E-state index contributed by atoms with van der Waals surface area (Å²) >= 11 is 4.54. The van der Waals surface area contributed by atoms with E-state index in [0.717, 1.165) is 16.8 Å². The molecule has 0 aliphatic rings. The summed E-state index contributed by atoms with van der Waals surface area (Å²) in [5.41, 5.74) is 3.11. The molecule has 4 aromatic rings. The molecule has 6 heteroatoms. The smallest absolute Gasteiger partial charge is 0.327 e. The Morgan fingerprint density at radius 3 is 2.67 bits per heavy atom. The van der Waals surface area contributed by atoms with E-state index in [-0.39, 0.29) is 0 Å². The monoisotopic (exact) mass is 353 g/mol. The molecule has 1 atom stereocenters. The molecule has 2 heterocycles. The van der Waals surface area contributed by atoms with Gasteiger partial charge in [0.2, 0.25) is 0 Å². The fraction of sp³-hybridized carbons (Fsp3) is 0. The van der Waals surface area contributed by atoms with Crippen LogP contribution in [0.5, 0.6) is 0 Å². The second kappa shape index (κ2) is 6.28. The largest absolute Gasteiger partial charge is 0.604 e. The van der Waals surface area contributed by atoms with Crippen molar-refractivity contribution in [3.05, 3.63) is 71.9 Å². The molecule has 0 fully saturated rings. The number of fused-ring (bicyclic) bond motifs is 1. The van der Waals surface area contributed by atoms with Gasteiger partial charge in [-0.05, 0) is 42.5 Å². The van der Waals surface area contributed by atoms with Crippen molar-refractivity contribution in [2.24, 2.45) is 0 Å². The quantitative estimate of drug-likeness (QED) is 0.553. The molecule has 4 nitrogen and oxygen atoms in total. The van der Waals surface area contributed by atoms with Crippen LogP contribution in [0.15, 0.2) is 76.9 Å². The predicted octanol–water partition coefficient (Wildman–Crippen LogP) is 4.45. The number of hydrogen-bond donors (Lipinski definition) is 1. The molecule has 0 saturated carbocycles. The number of imidazole rings is 1. The molecule has 0 spiro atoms. The molecule has 0 aliphatic heterocycles. The summed E-state index contributed by atoms with van der Waals surface area (Å²) in [6, 6.07) is 18.5. The number of nitrogens with one attached hydrogen (secondary N) is 1. The highest BCUT2D eigenvalue weighted by Crippen LogP contribution is 2.30. The summed E-state index contributed by atoms with van der Waals surface area (Å²) < 4.78 is 13.1. The third kappa shape index (κ3) is 2.78. The zero-order chi connectivity index (χ0) is 16.5. The number of halogens is 1. The molecule has 0 saturated heterocycles. The first-order chi connectivity index (χ1) is 11.7. The topological polar surface area (TPSA) is 64.6 Å². The summed E-state index contributed by atoms with van der Waals surface area (Å²) in [6.07, 6.45) is 1.72. The fourth-order valence-electron chi connectivity index (χ4n) is 2.51. The molecule has 24 heavy (non-hydrogen) atoms. The van der Waals surface area contributed by atoms with Crippen molar-refractivity contribution in [1.29, 1.82) is 0 Å². The van der Waals surface area contributed by atoms with E-state index in [1.165, 1.54) is 0 Å². The number of aromatic amines is 1. The van der Waals surface area contributed by atoms with E-state index < -0.39 is 11.2 Å². The van der Waals surface area contributed by atoms with Gasteiger partial charge in [0.15, 0.2) is 4.90 Å². The summed E-state index contributed by atoms with van der Waals surface area (Å²) in [6.45, 7) is 0. The van der Waals surface area contributed by atoms with Gasteiger partial charge in [-0.25, -0.2) is 0 Å². The van der Waals surface area contributed by atoms with Gasteiger partial charge < -0.3 is 4.55 Å². The molecule has 1 unspecified atom stereocenters. The van der Waals surface area contributed by atoms with Crippen LogP contribution in [0.2, 0.25) is 5.02 Å². The Hall–Kier alpha value is -2.34. The maximum Gasteiger partial charge on any atom is 0.327 e. The molecule has 2 aromatic carbocycles. The lowest BCUT2D eigenvalue weighted by Crippen LogP contribution is -2.06. The fourth-order valence-corrected chi connectivity index (χ4v) is 3.84. The molecule has 0 aliphatic carbocycles. The van der Waals surface area contributed by atoms with E-state index in [9.17, 15) is 4.55 Å². The summed E-state index contributed by atoms with van der Waals surface area (Å²) in [5, 5.41) is 0.996. The summed E-state index contributed by atoms with van der Waals surface area (Å²) in [7, 11) is 0. The first-order valence-corrected chi connectivity index (χ1v) is 8.82. The maximum absolute atomic E-state index is 13.1. The van der Waals surface area contributed by atoms with Gasteiger partial charge >= 0.3 is 5.16 Å². The highest BCUT2D eigenvalue weighted by molar-refractivity contribution is 7.91. The van der Waals surface area contributed by atoms with E-state index >= 15 is 0 Å². The first kappa shape index (κ1) is 15.2. The standard InChI is InChI=1S/C18H12ClN3OS/c19-12-8-9-15-16(11-12)22-18(21-15)24(23)17-7-2-1-5-13(17)14-6-3-4-10-20-14/h1-11H,(H,21,22).